The molecule has 1 aliphatic rings. The number of aromatic amines is 1. The first kappa shape index (κ1) is 19.5. The van der Waals surface area contributed by atoms with Gasteiger partial charge >= 0.3 is 0 Å². The average molecular weight is 364 g/mol. The van der Waals surface area contributed by atoms with Crippen molar-refractivity contribution in [1.29, 1.82) is 0 Å². The average Bonchev–Trinajstić information content (AvgIpc) is 3.34. The van der Waals surface area contributed by atoms with Crippen molar-refractivity contribution < 1.29 is 0 Å². The summed E-state index contributed by atoms with van der Waals surface area (Å²) in [5.74, 6) is 0.891. The van der Waals surface area contributed by atoms with Gasteiger partial charge in [0.1, 0.15) is 0 Å². The van der Waals surface area contributed by atoms with Crippen LogP contribution in [0.3, 0.4) is 0 Å². The third-order valence-electron chi connectivity index (χ3n) is 5.53. The van der Waals surface area contributed by atoms with E-state index in [0.29, 0.717) is 0 Å². The third kappa shape index (κ3) is 5.36. The summed E-state index contributed by atoms with van der Waals surface area (Å²) < 4.78 is 0. The van der Waals surface area contributed by atoms with Gasteiger partial charge in [-0.25, -0.2) is 0 Å². The third-order valence-corrected chi connectivity index (χ3v) is 5.53. The second kappa shape index (κ2) is 9.61. The minimum Gasteiger partial charge on any atom is -0.361 e. The van der Waals surface area contributed by atoms with Gasteiger partial charge in [-0.2, -0.15) is 0 Å². The highest BCUT2D eigenvalue weighted by Gasteiger charge is 2.10. The molecule has 0 saturated heterocycles. The van der Waals surface area contributed by atoms with Crippen LogP contribution >= 0.6 is 0 Å². The second-order valence-electron chi connectivity index (χ2n) is 7.65. The van der Waals surface area contributed by atoms with Crippen LogP contribution < -0.4 is 10.6 Å². The van der Waals surface area contributed by atoms with Gasteiger partial charge in [0.25, 0.3) is 0 Å². The normalized spacial score (nSPS) is 13.7. The molecule has 3 N–H and O–H groups in total. The van der Waals surface area contributed by atoms with E-state index in [2.05, 4.69) is 71.9 Å². The van der Waals surface area contributed by atoms with Crippen LogP contribution in [0.15, 0.2) is 48.7 Å². The van der Waals surface area contributed by atoms with Gasteiger partial charge in [0.05, 0.1) is 0 Å². The molecule has 4 rings (SSSR count). The van der Waals surface area contributed by atoms with E-state index in [1.54, 1.807) is 0 Å². The lowest BCUT2D eigenvalue weighted by atomic mass is 10.1. The van der Waals surface area contributed by atoms with Crippen LogP contribution in [-0.4, -0.2) is 18.6 Å². The lowest BCUT2D eigenvalue weighted by Crippen LogP contribution is -2.10. The van der Waals surface area contributed by atoms with Gasteiger partial charge < -0.3 is 15.6 Å². The van der Waals surface area contributed by atoms with Crippen molar-refractivity contribution in [3.63, 3.8) is 0 Å². The van der Waals surface area contributed by atoms with Crippen LogP contribution in [0.5, 0.6) is 0 Å². The number of aryl methyl sites for hydroxylation is 2. The first-order chi connectivity index (χ1) is 13.2. The summed E-state index contributed by atoms with van der Waals surface area (Å²) in [6, 6.07) is 15.3. The molecule has 0 aliphatic heterocycles. The summed E-state index contributed by atoms with van der Waals surface area (Å²) in [6.45, 7) is 5.69. The SMILES string of the molecule is CCC(C)CCNC.c1cc2ccc(Nc3ccc4c(c3)CCC4)cc2[nH]1. The fourth-order valence-corrected chi connectivity index (χ4v) is 3.54. The number of benzene rings is 2. The maximum absolute atomic E-state index is 3.50. The molecule has 0 amide bonds. The smallest absolute Gasteiger partial charge is 0.0474 e. The van der Waals surface area contributed by atoms with Gasteiger partial charge in [0.2, 0.25) is 0 Å². The number of aromatic nitrogens is 1. The van der Waals surface area contributed by atoms with Crippen LogP contribution in [-0.2, 0) is 12.8 Å². The molecule has 1 atom stereocenters. The summed E-state index contributed by atoms with van der Waals surface area (Å²) in [7, 11) is 2.00. The molecule has 27 heavy (non-hydrogen) atoms. The van der Waals surface area contributed by atoms with E-state index in [1.807, 2.05) is 13.2 Å². The van der Waals surface area contributed by atoms with Crippen molar-refractivity contribution in [1.82, 2.24) is 10.3 Å². The van der Waals surface area contributed by atoms with E-state index >= 15 is 0 Å². The molecule has 144 valence electrons. The molecular weight excluding hydrogens is 330 g/mol. The summed E-state index contributed by atoms with van der Waals surface area (Å²) in [6.07, 6.45) is 8.36. The molecule has 0 saturated carbocycles. The monoisotopic (exact) mass is 363 g/mol. The Morgan fingerprint density at radius 3 is 2.59 bits per heavy atom. The zero-order chi connectivity index (χ0) is 19.1. The summed E-state index contributed by atoms with van der Waals surface area (Å²) in [4.78, 5) is 3.25. The van der Waals surface area contributed by atoms with E-state index in [4.69, 9.17) is 0 Å². The van der Waals surface area contributed by atoms with E-state index in [0.717, 1.165) is 18.2 Å². The maximum atomic E-state index is 3.50. The summed E-state index contributed by atoms with van der Waals surface area (Å²) in [5.41, 5.74) is 6.52. The highest BCUT2D eigenvalue weighted by Crippen LogP contribution is 2.27. The lowest BCUT2D eigenvalue weighted by molar-refractivity contribution is 0.503. The minimum atomic E-state index is 0.891. The highest BCUT2D eigenvalue weighted by molar-refractivity contribution is 5.83. The molecule has 1 unspecified atom stereocenters. The van der Waals surface area contributed by atoms with E-state index in [1.165, 1.54) is 59.8 Å². The summed E-state index contributed by atoms with van der Waals surface area (Å²) >= 11 is 0. The molecular formula is C24H33N3. The van der Waals surface area contributed by atoms with Gasteiger partial charge in [-0.15, -0.1) is 0 Å². The largest absolute Gasteiger partial charge is 0.361 e. The standard InChI is InChI=1S/C17H16N2.C7H17N/c1-2-12-4-6-15(10-14(12)3-1)19-16-7-5-13-8-9-18-17(13)11-16;1-4-7(2)5-6-8-3/h4-11,18-19H,1-3H2;7-8H,4-6H2,1-3H3. The Morgan fingerprint density at radius 1 is 1.00 bits per heavy atom. The van der Waals surface area contributed by atoms with Gasteiger partial charge in [-0.1, -0.05) is 32.4 Å². The molecule has 0 radical (unpaired) electrons. The number of nitrogens with one attached hydrogen (secondary N) is 3. The first-order valence-corrected chi connectivity index (χ1v) is 10.3. The van der Waals surface area contributed by atoms with E-state index in [-0.39, 0.29) is 0 Å². The fraction of sp³-hybridized carbons (Fsp3) is 0.417. The minimum absolute atomic E-state index is 0.891. The number of hydrogen-bond donors (Lipinski definition) is 3. The number of hydrogen-bond acceptors (Lipinski definition) is 2. The van der Waals surface area contributed by atoms with Crippen LogP contribution in [0, 0.1) is 5.92 Å². The predicted octanol–water partition coefficient (Wildman–Crippen LogP) is 6.04. The molecule has 0 spiro atoms. The number of rotatable bonds is 6. The van der Waals surface area contributed by atoms with Gasteiger partial charge in [0.15, 0.2) is 0 Å². The number of H-pyrrole nitrogens is 1. The maximum Gasteiger partial charge on any atom is 0.0474 e. The molecule has 1 heterocycles. The molecule has 0 fully saturated rings. The van der Waals surface area contributed by atoms with Crippen molar-refractivity contribution in [3.05, 3.63) is 59.8 Å². The van der Waals surface area contributed by atoms with Crippen LogP contribution in [0.1, 0.15) is 44.2 Å². The molecule has 0 bridgehead atoms. The number of anilines is 2. The lowest BCUT2D eigenvalue weighted by Gasteiger charge is -2.08. The van der Waals surface area contributed by atoms with Crippen LogP contribution in [0.25, 0.3) is 10.9 Å². The predicted molar refractivity (Wildman–Crippen MR) is 118 cm³/mol. The molecule has 3 heteroatoms. The molecule has 3 aromatic rings. The molecule has 3 nitrogen and oxygen atoms in total. The summed E-state index contributed by atoms with van der Waals surface area (Å²) in [5, 5.41) is 7.88. The van der Waals surface area contributed by atoms with Crippen LogP contribution in [0.2, 0.25) is 0 Å². The van der Waals surface area contributed by atoms with Crippen LogP contribution in [0.4, 0.5) is 11.4 Å². The Balaban J connectivity index is 0.000000226. The quantitative estimate of drug-likeness (QED) is 0.499. The van der Waals surface area contributed by atoms with E-state index < -0.39 is 0 Å². The van der Waals surface area contributed by atoms with Crippen molar-refractivity contribution in [2.75, 3.05) is 18.9 Å². The Bertz CT molecular complexity index is 850. The zero-order valence-corrected chi connectivity index (χ0v) is 16.9. The van der Waals surface area contributed by atoms with Crippen molar-refractivity contribution >= 4 is 22.3 Å². The van der Waals surface area contributed by atoms with Gasteiger partial charge in [-0.05, 0) is 92.0 Å². The fourth-order valence-electron chi connectivity index (χ4n) is 3.54. The molecule has 1 aliphatic carbocycles. The Morgan fingerprint density at radius 2 is 1.78 bits per heavy atom. The van der Waals surface area contributed by atoms with Crippen molar-refractivity contribution in [2.45, 2.75) is 46.0 Å². The topological polar surface area (TPSA) is 39.8 Å². The molecule has 1 aromatic heterocycles. The first-order valence-electron chi connectivity index (χ1n) is 10.3. The van der Waals surface area contributed by atoms with Gasteiger partial charge in [0, 0.05) is 23.1 Å². The Labute approximate surface area is 163 Å². The second-order valence-corrected chi connectivity index (χ2v) is 7.65. The number of fused-ring (bicyclic) bond motifs is 2. The Kier molecular flexibility index (Phi) is 6.94. The van der Waals surface area contributed by atoms with Crippen molar-refractivity contribution in [2.24, 2.45) is 5.92 Å². The zero-order valence-electron chi connectivity index (χ0n) is 16.9. The molecule has 2 aromatic carbocycles. The Hall–Kier alpha value is -2.26. The highest BCUT2D eigenvalue weighted by atomic mass is 14.9. The van der Waals surface area contributed by atoms with E-state index in [9.17, 15) is 0 Å². The van der Waals surface area contributed by atoms with Crippen molar-refractivity contribution in [3.8, 4) is 0 Å². The van der Waals surface area contributed by atoms with Gasteiger partial charge in [-0.3, -0.25) is 0 Å².